The molecule has 2 aromatic rings. The molecule has 0 spiro atoms. The number of imidazole rings is 1. The summed E-state index contributed by atoms with van der Waals surface area (Å²) in [6, 6.07) is 5.31. The van der Waals surface area contributed by atoms with Crippen molar-refractivity contribution in [3.63, 3.8) is 0 Å². The lowest BCUT2D eigenvalue weighted by Gasteiger charge is -1.93. The lowest BCUT2D eigenvalue weighted by molar-refractivity contribution is 0.930. The molecule has 2 N–H and O–H groups in total. The minimum Gasteiger partial charge on any atom is -0.382 e. The van der Waals surface area contributed by atoms with E-state index in [1.165, 1.54) is 10.7 Å². The molecule has 0 atom stereocenters. The minimum atomic E-state index is 0.372. The van der Waals surface area contributed by atoms with E-state index in [2.05, 4.69) is 10.1 Å². The van der Waals surface area contributed by atoms with Crippen molar-refractivity contribution in [1.29, 1.82) is 5.26 Å². The van der Waals surface area contributed by atoms with Gasteiger partial charge in [-0.1, -0.05) is 0 Å². The molecule has 2 aromatic heterocycles. The number of rotatable bonds is 0. The molecule has 0 amide bonds. The molecule has 0 unspecified atom stereocenters. The van der Waals surface area contributed by atoms with Crippen LogP contribution in [-0.4, -0.2) is 14.6 Å². The Labute approximate surface area is 68.1 Å². The van der Waals surface area contributed by atoms with E-state index in [1.54, 1.807) is 12.1 Å². The zero-order chi connectivity index (χ0) is 8.55. The van der Waals surface area contributed by atoms with Crippen LogP contribution in [0.25, 0.3) is 5.65 Å². The van der Waals surface area contributed by atoms with Crippen LogP contribution in [0.4, 0.5) is 5.82 Å². The third kappa shape index (κ3) is 0.787. The first-order chi connectivity index (χ1) is 5.81. The van der Waals surface area contributed by atoms with Gasteiger partial charge in [0.05, 0.1) is 6.20 Å². The van der Waals surface area contributed by atoms with Gasteiger partial charge in [-0.05, 0) is 12.1 Å². The summed E-state index contributed by atoms with van der Waals surface area (Å²) in [4.78, 5) is 3.95. The van der Waals surface area contributed by atoms with Gasteiger partial charge in [0.2, 0.25) is 0 Å². The number of nitrogen functional groups attached to an aromatic ring is 1. The molecule has 0 saturated carbocycles. The van der Waals surface area contributed by atoms with Gasteiger partial charge < -0.3 is 5.73 Å². The van der Waals surface area contributed by atoms with Crippen molar-refractivity contribution in [2.45, 2.75) is 0 Å². The summed E-state index contributed by atoms with van der Waals surface area (Å²) >= 11 is 0. The molecule has 5 heteroatoms. The number of aromatic nitrogens is 3. The van der Waals surface area contributed by atoms with Crippen molar-refractivity contribution in [3.05, 3.63) is 24.0 Å². The third-order valence-corrected chi connectivity index (χ3v) is 1.50. The number of nitrogens with two attached hydrogens (primary N) is 1. The lowest BCUT2D eigenvalue weighted by Crippen LogP contribution is -1.98. The lowest BCUT2D eigenvalue weighted by atomic mass is 10.5. The highest BCUT2D eigenvalue weighted by atomic mass is 15.3. The Morgan fingerprint density at radius 1 is 1.50 bits per heavy atom. The van der Waals surface area contributed by atoms with Gasteiger partial charge in [-0.3, -0.25) is 0 Å². The monoisotopic (exact) mass is 159 g/mol. The van der Waals surface area contributed by atoms with Crippen molar-refractivity contribution in [3.8, 4) is 6.07 Å². The fourth-order valence-corrected chi connectivity index (χ4v) is 0.964. The van der Waals surface area contributed by atoms with Crippen LogP contribution in [0.2, 0.25) is 0 Å². The van der Waals surface area contributed by atoms with E-state index in [9.17, 15) is 0 Å². The van der Waals surface area contributed by atoms with E-state index in [0.717, 1.165) is 0 Å². The second kappa shape index (κ2) is 2.20. The zero-order valence-corrected chi connectivity index (χ0v) is 6.10. The second-order valence-corrected chi connectivity index (χ2v) is 2.28. The van der Waals surface area contributed by atoms with Crippen molar-refractivity contribution in [2.75, 3.05) is 5.73 Å². The Balaban J connectivity index is 2.86. The molecule has 0 aliphatic heterocycles. The maximum absolute atomic E-state index is 8.62. The highest BCUT2D eigenvalue weighted by molar-refractivity contribution is 5.45. The Kier molecular flexibility index (Phi) is 1.21. The van der Waals surface area contributed by atoms with Crippen LogP contribution < -0.4 is 5.73 Å². The van der Waals surface area contributed by atoms with E-state index >= 15 is 0 Å². The van der Waals surface area contributed by atoms with Gasteiger partial charge in [0, 0.05) is 0 Å². The molecule has 0 aromatic carbocycles. The van der Waals surface area contributed by atoms with Crippen LogP contribution in [0.5, 0.6) is 0 Å². The Morgan fingerprint density at radius 3 is 3.08 bits per heavy atom. The van der Waals surface area contributed by atoms with Crippen molar-refractivity contribution >= 4 is 11.5 Å². The largest absolute Gasteiger partial charge is 0.382 e. The van der Waals surface area contributed by atoms with Crippen molar-refractivity contribution in [1.82, 2.24) is 14.6 Å². The SMILES string of the molecule is N#Cc1cnc2ccc(N)nn12. The molecule has 2 rings (SSSR count). The standard InChI is InChI=1S/C7H5N5/c8-3-5-4-10-7-2-1-6(9)11-12(5)7/h1-2,4H,(H2,9,11). The molecule has 0 aliphatic carbocycles. The van der Waals surface area contributed by atoms with Gasteiger partial charge in [-0.15, -0.1) is 5.10 Å². The predicted octanol–water partition coefficient (Wildman–Crippen LogP) is 0.183. The van der Waals surface area contributed by atoms with Crippen LogP contribution in [0.15, 0.2) is 18.3 Å². The van der Waals surface area contributed by atoms with Gasteiger partial charge in [0.25, 0.3) is 0 Å². The molecular weight excluding hydrogens is 154 g/mol. The summed E-state index contributed by atoms with van der Waals surface area (Å²) in [5.74, 6) is 0.372. The Hall–Kier alpha value is -2.09. The fraction of sp³-hybridized carbons (Fsp3) is 0. The smallest absolute Gasteiger partial charge is 0.162 e. The molecule has 0 radical (unpaired) electrons. The summed E-state index contributed by atoms with van der Waals surface area (Å²) in [6.07, 6.45) is 1.46. The first kappa shape index (κ1) is 6.61. The maximum Gasteiger partial charge on any atom is 0.162 e. The van der Waals surface area contributed by atoms with Gasteiger partial charge in [-0.2, -0.15) is 5.26 Å². The van der Waals surface area contributed by atoms with E-state index < -0.39 is 0 Å². The highest BCUT2D eigenvalue weighted by Crippen LogP contribution is 2.05. The van der Waals surface area contributed by atoms with Crippen LogP contribution in [0.1, 0.15) is 5.69 Å². The molecule has 0 fully saturated rings. The average Bonchev–Trinajstić information content (AvgIpc) is 2.46. The number of nitrogens with zero attached hydrogens (tertiary/aromatic N) is 4. The van der Waals surface area contributed by atoms with E-state index in [1.807, 2.05) is 6.07 Å². The first-order valence-corrected chi connectivity index (χ1v) is 3.31. The summed E-state index contributed by atoms with van der Waals surface area (Å²) in [6.45, 7) is 0. The molecule has 2 heterocycles. The molecule has 5 nitrogen and oxygen atoms in total. The molecular formula is C7H5N5. The number of hydrogen-bond donors (Lipinski definition) is 1. The fourth-order valence-electron chi connectivity index (χ4n) is 0.964. The van der Waals surface area contributed by atoms with Crippen molar-refractivity contribution in [2.24, 2.45) is 0 Å². The molecule has 0 saturated heterocycles. The van der Waals surface area contributed by atoms with Gasteiger partial charge in [0.1, 0.15) is 11.9 Å². The van der Waals surface area contributed by atoms with Crippen LogP contribution in [0.3, 0.4) is 0 Å². The summed E-state index contributed by atoms with van der Waals surface area (Å²) in [5, 5.41) is 12.5. The van der Waals surface area contributed by atoms with Crippen molar-refractivity contribution < 1.29 is 0 Å². The summed E-state index contributed by atoms with van der Waals surface area (Å²) < 4.78 is 1.41. The third-order valence-electron chi connectivity index (χ3n) is 1.50. The number of fused-ring (bicyclic) bond motifs is 1. The van der Waals surface area contributed by atoms with Crippen LogP contribution in [0, 0.1) is 11.3 Å². The Bertz CT molecular complexity index is 464. The van der Waals surface area contributed by atoms with E-state index in [0.29, 0.717) is 17.2 Å². The average molecular weight is 159 g/mol. The number of hydrogen-bond acceptors (Lipinski definition) is 4. The molecule has 0 aliphatic rings. The van der Waals surface area contributed by atoms with Crippen LogP contribution >= 0.6 is 0 Å². The highest BCUT2D eigenvalue weighted by Gasteiger charge is 2.01. The summed E-state index contributed by atoms with van der Waals surface area (Å²) in [7, 11) is 0. The molecule has 58 valence electrons. The second-order valence-electron chi connectivity index (χ2n) is 2.28. The van der Waals surface area contributed by atoms with Gasteiger partial charge >= 0.3 is 0 Å². The number of nitriles is 1. The van der Waals surface area contributed by atoms with E-state index in [-0.39, 0.29) is 0 Å². The maximum atomic E-state index is 8.62. The topological polar surface area (TPSA) is 80.0 Å². The first-order valence-electron chi connectivity index (χ1n) is 3.31. The van der Waals surface area contributed by atoms with Gasteiger partial charge in [0.15, 0.2) is 11.3 Å². The normalized spacial score (nSPS) is 9.92. The zero-order valence-electron chi connectivity index (χ0n) is 6.10. The predicted molar refractivity (Wildman–Crippen MR) is 42.1 cm³/mol. The minimum absolute atomic E-state index is 0.372. The Morgan fingerprint density at radius 2 is 2.33 bits per heavy atom. The molecule has 0 bridgehead atoms. The molecule has 12 heavy (non-hydrogen) atoms. The van der Waals surface area contributed by atoms with Gasteiger partial charge in [-0.25, -0.2) is 9.50 Å². The van der Waals surface area contributed by atoms with E-state index in [4.69, 9.17) is 11.0 Å². The number of anilines is 1. The summed E-state index contributed by atoms with van der Waals surface area (Å²) in [5.41, 5.74) is 6.45. The van der Waals surface area contributed by atoms with Crippen LogP contribution in [-0.2, 0) is 0 Å². The quantitative estimate of drug-likeness (QED) is 0.594.